The Morgan fingerprint density at radius 3 is 2.54 bits per heavy atom. The van der Waals surface area contributed by atoms with Crippen LogP contribution in [0, 0.1) is 0 Å². The van der Waals surface area contributed by atoms with E-state index in [1.807, 2.05) is 0 Å². The van der Waals surface area contributed by atoms with Crippen LogP contribution in [0.1, 0.15) is 13.3 Å². The number of hydrogen-bond acceptors (Lipinski definition) is 4. The van der Waals surface area contributed by atoms with Gasteiger partial charge >= 0.3 is 5.97 Å². The van der Waals surface area contributed by atoms with Crippen LogP contribution < -0.4 is 5.73 Å². The summed E-state index contributed by atoms with van der Waals surface area (Å²) < 4.78 is 4.68. The molecule has 5 heteroatoms. The number of nitrogens with zero attached hydrogens (tertiary/aromatic N) is 1. The predicted molar refractivity (Wildman–Crippen MR) is 47.9 cm³/mol. The standard InChI is InChI=1S/C8H16N2O3/c1-3-13-8(12)6-10(2)7(11)4-5-9/h3-6,9H2,1-2H3. The van der Waals surface area contributed by atoms with E-state index < -0.39 is 5.97 Å². The van der Waals surface area contributed by atoms with Gasteiger partial charge in [0, 0.05) is 20.0 Å². The highest BCUT2D eigenvalue weighted by Crippen LogP contribution is 1.90. The van der Waals surface area contributed by atoms with Crippen LogP contribution in [0.15, 0.2) is 0 Å². The van der Waals surface area contributed by atoms with Crippen LogP contribution in [0.25, 0.3) is 0 Å². The van der Waals surface area contributed by atoms with Crippen molar-refractivity contribution >= 4 is 11.9 Å². The van der Waals surface area contributed by atoms with E-state index in [1.165, 1.54) is 4.90 Å². The Hall–Kier alpha value is -1.10. The maximum atomic E-state index is 11.1. The zero-order valence-electron chi connectivity index (χ0n) is 8.08. The molecule has 0 unspecified atom stereocenters. The van der Waals surface area contributed by atoms with Crippen molar-refractivity contribution in [1.29, 1.82) is 0 Å². The van der Waals surface area contributed by atoms with Crippen LogP contribution >= 0.6 is 0 Å². The molecule has 0 aromatic heterocycles. The molecule has 0 aliphatic heterocycles. The quantitative estimate of drug-likeness (QED) is 0.582. The van der Waals surface area contributed by atoms with E-state index in [4.69, 9.17) is 5.73 Å². The van der Waals surface area contributed by atoms with Crippen LogP contribution in [0.4, 0.5) is 0 Å². The minimum Gasteiger partial charge on any atom is -0.465 e. The molecular formula is C8H16N2O3. The number of amides is 1. The molecule has 76 valence electrons. The summed E-state index contributed by atoms with van der Waals surface area (Å²) in [4.78, 5) is 23.3. The van der Waals surface area contributed by atoms with Gasteiger partial charge in [0.25, 0.3) is 0 Å². The number of carbonyl (C=O) groups is 2. The molecule has 0 heterocycles. The number of hydrogen-bond donors (Lipinski definition) is 1. The molecule has 13 heavy (non-hydrogen) atoms. The summed E-state index contributed by atoms with van der Waals surface area (Å²) in [7, 11) is 1.55. The van der Waals surface area contributed by atoms with Gasteiger partial charge in [-0.05, 0) is 6.92 Å². The molecule has 0 fully saturated rings. The molecule has 0 rings (SSSR count). The molecule has 0 saturated carbocycles. The van der Waals surface area contributed by atoms with Crippen molar-refractivity contribution in [2.24, 2.45) is 5.73 Å². The number of esters is 1. The summed E-state index contributed by atoms with van der Waals surface area (Å²) in [6, 6.07) is 0. The minimum atomic E-state index is -0.393. The molecule has 5 nitrogen and oxygen atoms in total. The van der Waals surface area contributed by atoms with E-state index in [0.29, 0.717) is 13.2 Å². The predicted octanol–water partition coefficient (Wildman–Crippen LogP) is -0.643. The van der Waals surface area contributed by atoms with Crippen molar-refractivity contribution in [3.8, 4) is 0 Å². The number of nitrogens with two attached hydrogens (primary N) is 1. The lowest BCUT2D eigenvalue weighted by Gasteiger charge is -2.15. The molecule has 0 atom stereocenters. The Balaban J connectivity index is 3.78. The molecule has 1 amide bonds. The van der Waals surface area contributed by atoms with Crippen molar-refractivity contribution in [2.75, 3.05) is 26.7 Å². The van der Waals surface area contributed by atoms with Crippen LogP contribution in [0.5, 0.6) is 0 Å². The molecule has 0 aromatic carbocycles. The number of rotatable bonds is 5. The minimum absolute atomic E-state index is 0.00727. The first kappa shape index (κ1) is 11.9. The second kappa shape index (κ2) is 6.42. The van der Waals surface area contributed by atoms with Crippen molar-refractivity contribution in [3.63, 3.8) is 0 Å². The zero-order valence-corrected chi connectivity index (χ0v) is 8.08. The van der Waals surface area contributed by atoms with Gasteiger partial charge in [-0.15, -0.1) is 0 Å². The van der Waals surface area contributed by atoms with Gasteiger partial charge in [-0.2, -0.15) is 0 Å². The smallest absolute Gasteiger partial charge is 0.325 e. The summed E-state index contributed by atoms with van der Waals surface area (Å²) in [6.45, 7) is 2.34. The Morgan fingerprint density at radius 2 is 2.08 bits per heavy atom. The van der Waals surface area contributed by atoms with E-state index >= 15 is 0 Å². The van der Waals surface area contributed by atoms with Crippen LogP contribution in [0.3, 0.4) is 0 Å². The third kappa shape index (κ3) is 5.19. The van der Waals surface area contributed by atoms with Crippen molar-refractivity contribution in [2.45, 2.75) is 13.3 Å². The van der Waals surface area contributed by atoms with Gasteiger partial charge in [0.2, 0.25) is 5.91 Å². The fraction of sp³-hybridized carbons (Fsp3) is 0.750. The van der Waals surface area contributed by atoms with E-state index in [0.717, 1.165) is 0 Å². The average Bonchev–Trinajstić information content (AvgIpc) is 2.05. The molecule has 0 aromatic rings. The molecule has 0 saturated heterocycles. The lowest BCUT2D eigenvalue weighted by atomic mass is 10.4. The lowest BCUT2D eigenvalue weighted by Crippen LogP contribution is -2.34. The van der Waals surface area contributed by atoms with E-state index in [9.17, 15) is 9.59 Å². The largest absolute Gasteiger partial charge is 0.465 e. The molecule has 0 aliphatic rings. The van der Waals surface area contributed by atoms with Crippen LogP contribution in [0.2, 0.25) is 0 Å². The molecule has 0 radical (unpaired) electrons. The molecule has 0 spiro atoms. The molecule has 0 bridgehead atoms. The van der Waals surface area contributed by atoms with Gasteiger partial charge < -0.3 is 15.4 Å². The third-order valence-corrected chi connectivity index (χ3v) is 1.46. The van der Waals surface area contributed by atoms with E-state index in [1.54, 1.807) is 14.0 Å². The molecular weight excluding hydrogens is 172 g/mol. The second-order valence-electron chi connectivity index (χ2n) is 2.59. The van der Waals surface area contributed by atoms with Crippen molar-refractivity contribution < 1.29 is 14.3 Å². The zero-order chi connectivity index (χ0) is 10.3. The van der Waals surface area contributed by atoms with Crippen LogP contribution in [-0.2, 0) is 14.3 Å². The summed E-state index contributed by atoms with van der Waals surface area (Å²) in [5.41, 5.74) is 5.19. The SMILES string of the molecule is CCOC(=O)CN(C)C(=O)CCN. The highest BCUT2D eigenvalue weighted by molar-refractivity contribution is 5.81. The Labute approximate surface area is 77.8 Å². The Kier molecular flexibility index (Phi) is 5.88. The van der Waals surface area contributed by atoms with Gasteiger partial charge in [0.1, 0.15) is 6.54 Å². The number of carbonyl (C=O) groups excluding carboxylic acids is 2. The Morgan fingerprint density at radius 1 is 1.46 bits per heavy atom. The fourth-order valence-corrected chi connectivity index (χ4v) is 0.803. The first-order chi connectivity index (χ1) is 6.11. The highest BCUT2D eigenvalue weighted by Gasteiger charge is 2.11. The summed E-state index contributed by atoms with van der Waals surface area (Å²) in [5, 5.41) is 0. The van der Waals surface area contributed by atoms with Gasteiger partial charge in [-0.25, -0.2) is 0 Å². The van der Waals surface area contributed by atoms with E-state index in [2.05, 4.69) is 4.74 Å². The van der Waals surface area contributed by atoms with Crippen molar-refractivity contribution in [3.05, 3.63) is 0 Å². The topological polar surface area (TPSA) is 72.6 Å². The highest BCUT2D eigenvalue weighted by atomic mass is 16.5. The third-order valence-electron chi connectivity index (χ3n) is 1.46. The van der Waals surface area contributed by atoms with Gasteiger partial charge in [-0.1, -0.05) is 0 Å². The van der Waals surface area contributed by atoms with Crippen molar-refractivity contribution in [1.82, 2.24) is 4.90 Å². The molecule has 0 aliphatic carbocycles. The maximum Gasteiger partial charge on any atom is 0.325 e. The fourth-order valence-electron chi connectivity index (χ4n) is 0.803. The van der Waals surface area contributed by atoms with E-state index in [-0.39, 0.29) is 18.9 Å². The van der Waals surface area contributed by atoms with Crippen LogP contribution in [-0.4, -0.2) is 43.5 Å². The summed E-state index contributed by atoms with van der Waals surface area (Å²) in [5.74, 6) is -0.536. The molecule has 2 N–H and O–H groups in total. The number of likely N-dealkylation sites (N-methyl/N-ethyl adjacent to an activating group) is 1. The first-order valence-corrected chi connectivity index (χ1v) is 4.21. The summed E-state index contributed by atoms with van der Waals surface area (Å²) >= 11 is 0. The van der Waals surface area contributed by atoms with Gasteiger partial charge in [0.15, 0.2) is 0 Å². The normalized spacial score (nSPS) is 9.46. The first-order valence-electron chi connectivity index (χ1n) is 4.21. The summed E-state index contributed by atoms with van der Waals surface area (Å²) in [6.07, 6.45) is 0.260. The van der Waals surface area contributed by atoms with Gasteiger partial charge in [0.05, 0.1) is 6.61 Å². The van der Waals surface area contributed by atoms with Gasteiger partial charge in [-0.3, -0.25) is 9.59 Å². The number of ether oxygens (including phenoxy) is 1. The maximum absolute atomic E-state index is 11.1. The average molecular weight is 188 g/mol. The monoisotopic (exact) mass is 188 g/mol. The second-order valence-corrected chi connectivity index (χ2v) is 2.59. The Bertz CT molecular complexity index is 182. The lowest BCUT2D eigenvalue weighted by molar-refractivity contribution is -0.148.